The summed E-state index contributed by atoms with van der Waals surface area (Å²) in [5.41, 5.74) is 2.20. The number of pyridine rings is 1. The molecule has 5 heteroatoms. The smallest absolute Gasteiger partial charge is 0.224 e. The molecule has 1 unspecified atom stereocenters. The van der Waals surface area contributed by atoms with Crippen molar-refractivity contribution in [3.8, 4) is 0 Å². The topological polar surface area (TPSA) is 45.2 Å². The van der Waals surface area contributed by atoms with Gasteiger partial charge in [0.1, 0.15) is 0 Å². The first-order valence-electron chi connectivity index (χ1n) is 8.84. The van der Waals surface area contributed by atoms with Gasteiger partial charge in [0, 0.05) is 36.5 Å². The van der Waals surface area contributed by atoms with E-state index >= 15 is 0 Å². The molecule has 1 fully saturated rings. The van der Waals surface area contributed by atoms with Crippen molar-refractivity contribution in [3.05, 3.63) is 64.9 Å². The highest BCUT2D eigenvalue weighted by molar-refractivity contribution is 6.30. The predicted molar refractivity (Wildman–Crippen MR) is 100 cm³/mol. The fourth-order valence-electron chi connectivity index (χ4n) is 3.32. The SMILES string of the molecule is O=C(Cc1cccnc1)NC1CCCN(Cc2cccc(Cl)c2)CC1. The Bertz CT molecular complexity index is 692. The van der Waals surface area contributed by atoms with Crippen molar-refractivity contribution in [2.45, 2.75) is 38.3 Å². The van der Waals surface area contributed by atoms with Crippen LogP contribution in [-0.4, -0.2) is 34.9 Å². The Morgan fingerprint density at radius 2 is 2.08 bits per heavy atom. The second kappa shape index (κ2) is 8.97. The third kappa shape index (κ3) is 5.83. The van der Waals surface area contributed by atoms with Crippen LogP contribution in [0.5, 0.6) is 0 Å². The summed E-state index contributed by atoms with van der Waals surface area (Å²) >= 11 is 6.07. The lowest BCUT2D eigenvalue weighted by molar-refractivity contribution is -0.121. The summed E-state index contributed by atoms with van der Waals surface area (Å²) in [5, 5.41) is 3.97. The van der Waals surface area contributed by atoms with Crippen molar-refractivity contribution in [1.29, 1.82) is 0 Å². The maximum Gasteiger partial charge on any atom is 0.224 e. The van der Waals surface area contributed by atoms with Crippen LogP contribution in [0.4, 0.5) is 0 Å². The Kier molecular flexibility index (Phi) is 6.42. The van der Waals surface area contributed by atoms with Crippen LogP contribution in [0, 0.1) is 0 Å². The van der Waals surface area contributed by atoms with E-state index < -0.39 is 0 Å². The Morgan fingerprint density at radius 1 is 1.20 bits per heavy atom. The van der Waals surface area contributed by atoms with E-state index in [1.165, 1.54) is 5.56 Å². The molecule has 1 saturated heterocycles. The summed E-state index contributed by atoms with van der Waals surface area (Å²) in [7, 11) is 0. The van der Waals surface area contributed by atoms with Gasteiger partial charge < -0.3 is 5.32 Å². The van der Waals surface area contributed by atoms with Crippen LogP contribution in [0.1, 0.15) is 30.4 Å². The van der Waals surface area contributed by atoms with Gasteiger partial charge in [-0.15, -0.1) is 0 Å². The average molecular weight is 358 g/mol. The summed E-state index contributed by atoms with van der Waals surface area (Å²) < 4.78 is 0. The molecule has 0 bridgehead atoms. The van der Waals surface area contributed by atoms with Gasteiger partial charge in [-0.1, -0.05) is 29.8 Å². The summed E-state index contributed by atoms with van der Waals surface area (Å²) in [6.45, 7) is 2.96. The zero-order valence-corrected chi connectivity index (χ0v) is 15.1. The lowest BCUT2D eigenvalue weighted by Gasteiger charge is -2.20. The van der Waals surface area contributed by atoms with Gasteiger partial charge >= 0.3 is 0 Å². The molecule has 1 aromatic carbocycles. The number of hydrogen-bond donors (Lipinski definition) is 1. The molecule has 1 aliphatic heterocycles. The van der Waals surface area contributed by atoms with Gasteiger partial charge in [-0.2, -0.15) is 0 Å². The van der Waals surface area contributed by atoms with Crippen molar-refractivity contribution in [2.24, 2.45) is 0 Å². The normalized spacial score (nSPS) is 18.5. The van der Waals surface area contributed by atoms with Gasteiger partial charge in [0.2, 0.25) is 5.91 Å². The summed E-state index contributed by atoms with van der Waals surface area (Å²) in [6, 6.07) is 12.1. The molecule has 0 spiro atoms. The third-order valence-electron chi connectivity index (χ3n) is 4.57. The molecule has 1 amide bonds. The number of amides is 1. The van der Waals surface area contributed by atoms with Gasteiger partial charge in [0.15, 0.2) is 0 Å². The first-order chi connectivity index (χ1) is 12.2. The zero-order valence-electron chi connectivity index (χ0n) is 14.3. The van der Waals surface area contributed by atoms with E-state index in [1.54, 1.807) is 12.4 Å². The maximum atomic E-state index is 12.2. The fraction of sp³-hybridized carbons (Fsp3) is 0.400. The average Bonchev–Trinajstić information content (AvgIpc) is 2.81. The molecule has 132 valence electrons. The molecule has 3 rings (SSSR count). The molecule has 2 aromatic rings. The van der Waals surface area contributed by atoms with Crippen LogP contribution >= 0.6 is 11.6 Å². The molecule has 0 saturated carbocycles. The van der Waals surface area contributed by atoms with Crippen LogP contribution in [0.15, 0.2) is 48.8 Å². The number of aromatic nitrogens is 1. The van der Waals surface area contributed by atoms with Crippen molar-refractivity contribution in [3.63, 3.8) is 0 Å². The summed E-state index contributed by atoms with van der Waals surface area (Å²) in [6.07, 6.45) is 6.99. The number of carbonyl (C=O) groups excluding carboxylic acids is 1. The lowest BCUT2D eigenvalue weighted by atomic mass is 10.1. The molecule has 1 aliphatic rings. The minimum absolute atomic E-state index is 0.0845. The molecule has 1 atom stereocenters. The Labute approximate surface area is 154 Å². The minimum Gasteiger partial charge on any atom is -0.353 e. The highest BCUT2D eigenvalue weighted by atomic mass is 35.5. The predicted octanol–water partition coefficient (Wildman–Crippen LogP) is 3.45. The lowest BCUT2D eigenvalue weighted by Crippen LogP contribution is -2.36. The second-order valence-corrected chi connectivity index (χ2v) is 7.08. The van der Waals surface area contributed by atoms with Crippen molar-refractivity contribution in [1.82, 2.24) is 15.2 Å². The molecule has 25 heavy (non-hydrogen) atoms. The van der Waals surface area contributed by atoms with Gasteiger partial charge in [-0.05, 0) is 55.1 Å². The Balaban J connectivity index is 1.47. The molecule has 1 N–H and O–H groups in total. The van der Waals surface area contributed by atoms with Gasteiger partial charge in [-0.25, -0.2) is 0 Å². The fourth-order valence-corrected chi connectivity index (χ4v) is 3.53. The molecule has 2 heterocycles. The van der Waals surface area contributed by atoms with Gasteiger partial charge in [-0.3, -0.25) is 14.7 Å². The van der Waals surface area contributed by atoms with Crippen molar-refractivity contribution in [2.75, 3.05) is 13.1 Å². The Hall–Kier alpha value is -1.91. The van der Waals surface area contributed by atoms with E-state index in [4.69, 9.17) is 11.6 Å². The number of nitrogens with one attached hydrogen (secondary N) is 1. The van der Waals surface area contributed by atoms with Crippen molar-refractivity contribution >= 4 is 17.5 Å². The largest absolute Gasteiger partial charge is 0.353 e. The summed E-state index contributed by atoms with van der Waals surface area (Å²) in [5.74, 6) is 0.0845. The van der Waals surface area contributed by atoms with Gasteiger partial charge in [0.05, 0.1) is 6.42 Å². The van der Waals surface area contributed by atoms with E-state index in [2.05, 4.69) is 21.3 Å². The van der Waals surface area contributed by atoms with E-state index in [9.17, 15) is 4.79 Å². The number of rotatable bonds is 5. The molecule has 4 nitrogen and oxygen atoms in total. The van der Waals surface area contributed by atoms with Crippen LogP contribution < -0.4 is 5.32 Å². The number of halogens is 1. The Morgan fingerprint density at radius 3 is 2.88 bits per heavy atom. The third-order valence-corrected chi connectivity index (χ3v) is 4.80. The molecular weight excluding hydrogens is 334 g/mol. The second-order valence-electron chi connectivity index (χ2n) is 6.64. The standard InChI is InChI=1S/C20H24ClN3O/c21-18-6-1-4-17(12-18)15-24-10-3-7-19(8-11-24)23-20(25)13-16-5-2-9-22-14-16/h1-2,4-6,9,12,14,19H,3,7-8,10-11,13,15H2,(H,23,25). The summed E-state index contributed by atoms with van der Waals surface area (Å²) in [4.78, 5) is 18.7. The van der Waals surface area contributed by atoms with Crippen LogP contribution in [0.2, 0.25) is 5.02 Å². The van der Waals surface area contributed by atoms with E-state index in [1.807, 2.05) is 30.3 Å². The van der Waals surface area contributed by atoms with Crippen molar-refractivity contribution < 1.29 is 4.79 Å². The zero-order chi connectivity index (χ0) is 17.5. The highest BCUT2D eigenvalue weighted by Crippen LogP contribution is 2.16. The monoisotopic (exact) mass is 357 g/mol. The number of hydrogen-bond acceptors (Lipinski definition) is 3. The van der Waals surface area contributed by atoms with E-state index in [-0.39, 0.29) is 11.9 Å². The van der Waals surface area contributed by atoms with E-state index in [0.29, 0.717) is 6.42 Å². The molecular formula is C20H24ClN3O. The molecule has 0 radical (unpaired) electrons. The number of carbonyl (C=O) groups is 1. The number of nitrogens with zero attached hydrogens (tertiary/aromatic N) is 2. The number of benzene rings is 1. The molecule has 0 aliphatic carbocycles. The first-order valence-corrected chi connectivity index (χ1v) is 9.22. The van der Waals surface area contributed by atoms with Gasteiger partial charge in [0.25, 0.3) is 0 Å². The van der Waals surface area contributed by atoms with E-state index in [0.717, 1.165) is 49.5 Å². The molecule has 1 aromatic heterocycles. The number of likely N-dealkylation sites (tertiary alicyclic amines) is 1. The first kappa shape index (κ1) is 17.9. The van der Waals surface area contributed by atoms with Crippen LogP contribution in [-0.2, 0) is 17.8 Å². The quantitative estimate of drug-likeness (QED) is 0.891. The van der Waals surface area contributed by atoms with Crippen LogP contribution in [0.25, 0.3) is 0 Å². The maximum absolute atomic E-state index is 12.2. The highest BCUT2D eigenvalue weighted by Gasteiger charge is 2.19. The van der Waals surface area contributed by atoms with Crippen LogP contribution in [0.3, 0.4) is 0 Å². The minimum atomic E-state index is 0.0845.